The monoisotopic (exact) mass is 521 g/mol. The first-order chi connectivity index (χ1) is 16.5. The number of anilines is 1. The maximum Gasteiger partial charge on any atom is 0.242 e. The third kappa shape index (κ3) is 9.18. The molecule has 0 unspecified atom stereocenters. The molecule has 0 aliphatic carbocycles. The van der Waals surface area contributed by atoms with Crippen molar-refractivity contribution >= 4 is 39.1 Å². The lowest BCUT2D eigenvalue weighted by Gasteiger charge is -2.31. The zero-order chi connectivity index (χ0) is 26.0. The number of sulfonamides is 1. The van der Waals surface area contributed by atoms with E-state index in [1.54, 1.807) is 29.2 Å². The molecular weight excluding hydrogens is 486 g/mol. The fourth-order valence-corrected chi connectivity index (χ4v) is 4.98. The Hall–Kier alpha value is -2.58. The molecule has 0 aliphatic rings. The highest BCUT2D eigenvalue weighted by atomic mass is 35.5. The Balaban J connectivity index is 2.14. The van der Waals surface area contributed by atoms with Gasteiger partial charge in [0.05, 0.1) is 11.9 Å². The number of nitrogens with one attached hydrogen (secondary N) is 1. The van der Waals surface area contributed by atoms with Crippen LogP contribution >= 0.6 is 11.6 Å². The maximum atomic E-state index is 13.3. The van der Waals surface area contributed by atoms with Gasteiger partial charge in [0, 0.05) is 30.6 Å². The van der Waals surface area contributed by atoms with Gasteiger partial charge in [0.2, 0.25) is 21.8 Å². The molecule has 0 aliphatic heterocycles. The van der Waals surface area contributed by atoms with E-state index in [2.05, 4.69) is 5.32 Å². The van der Waals surface area contributed by atoms with Crippen molar-refractivity contribution in [2.75, 3.05) is 23.7 Å². The molecule has 2 amide bonds. The van der Waals surface area contributed by atoms with Crippen molar-refractivity contribution in [3.8, 4) is 0 Å². The van der Waals surface area contributed by atoms with Gasteiger partial charge < -0.3 is 10.2 Å². The van der Waals surface area contributed by atoms with Crippen molar-refractivity contribution in [1.82, 2.24) is 10.2 Å². The standard InChI is InChI=1S/C26H36ClN3O4S/c1-5-24(26(32)28-20(2)3)29(19-17-21-10-7-6-8-11-21)25(31)12-9-18-30(35(4,33)34)23-15-13-22(27)14-16-23/h6-8,10-11,13-16,20,24H,5,9,12,17-19H2,1-4H3,(H,28,32)/t24-/m1/s1. The molecule has 2 aromatic rings. The molecule has 0 saturated carbocycles. The summed E-state index contributed by atoms with van der Waals surface area (Å²) in [6, 6.07) is 15.7. The first-order valence-corrected chi connectivity index (χ1v) is 14.1. The van der Waals surface area contributed by atoms with E-state index in [-0.39, 0.29) is 30.8 Å². The highest BCUT2D eigenvalue weighted by molar-refractivity contribution is 7.92. The molecule has 0 bridgehead atoms. The fraction of sp³-hybridized carbons (Fsp3) is 0.462. The SMILES string of the molecule is CC[C@H](C(=O)NC(C)C)N(CCc1ccccc1)C(=O)CCCN(c1ccc(Cl)cc1)S(C)(=O)=O. The van der Waals surface area contributed by atoms with E-state index in [1.807, 2.05) is 51.1 Å². The number of carbonyl (C=O) groups is 2. The average molecular weight is 522 g/mol. The number of hydrogen-bond donors (Lipinski definition) is 1. The second-order valence-corrected chi connectivity index (χ2v) is 11.2. The van der Waals surface area contributed by atoms with E-state index in [0.29, 0.717) is 36.5 Å². The molecule has 0 aromatic heterocycles. The summed E-state index contributed by atoms with van der Waals surface area (Å²) in [5.74, 6) is -0.348. The van der Waals surface area contributed by atoms with Crippen molar-refractivity contribution in [2.24, 2.45) is 0 Å². The van der Waals surface area contributed by atoms with E-state index in [1.165, 1.54) is 4.31 Å². The smallest absolute Gasteiger partial charge is 0.242 e. The van der Waals surface area contributed by atoms with Crippen LogP contribution in [0, 0.1) is 0 Å². The van der Waals surface area contributed by atoms with Crippen LogP contribution in [-0.4, -0.2) is 56.6 Å². The molecule has 1 N–H and O–H groups in total. The second-order valence-electron chi connectivity index (χ2n) is 8.83. The van der Waals surface area contributed by atoms with Crippen molar-refractivity contribution in [2.45, 2.75) is 58.5 Å². The van der Waals surface area contributed by atoms with E-state index >= 15 is 0 Å². The number of benzene rings is 2. The Labute approximate surface area is 214 Å². The summed E-state index contributed by atoms with van der Waals surface area (Å²) in [6.07, 6.45) is 2.69. The van der Waals surface area contributed by atoms with Gasteiger partial charge in [0.1, 0.15) is 6.04 Å². The summed E-state index contributed by atoms with van der Waals surface area (Å²) in [7, 11) is -3.54. The second kappa shape index (κ2) is 13.5. The van der Waals surface area contributed by atoms with E-state index < -0.39 is 16.1 Å². The molecule has 0 radical (unpaired) electrons. The molecule has 0 spiro atoms. The van der Waals surface area contributed by atoms with Crippen LogP contribution in [0.25, 0.3) is 0 Å². The summed E-state index contributed by atoms with van der Waals surface area (Å²) in [4.78, 5) is 27.8. The van der Waals surface area contributed by atoms with Gasteiger partial charge in [-0.1, -0.05) is 48.9 Å². The first kappa shape index (κ1) is 28.7. The van der Waals surface area contributed by atoms with E-state index in [0.717, 1.165) is 11.8 Å². The highest BCUT2D eigenvalue weighted by Crippen LogP contribution is 2.21. The minimum Gasteiger partial charge on any atom is -0.352 e. The van der Waals surface area contributed by atoms with Gasteiger partial charge >= 0.3 is 0 Å². The lowest BCUT2D eigenvalue weighted by atomic mass is 10.1. The zero-order valence-electron chi connectivity index (χ0n) is 20.9. The number of nitrogens with zero attached hydrogens (tertiary/aromatic N) is 2. The molecule has 0 fully saturated rings. The molecule has 0 saturated heterocycles. The summed E-state index contributed by atoms with van der Waals surface area (Å²) in [5, 5.41) is 3.43. The van der Waals surface area contributed by atoms with Gasteiger partial charge in [0.15, 0.2) is 0 Å². The average Bonchev–Trinajstić information content (AvgIpc) is 2.79. The molecule has 7 nitrogen and oxygen atoms in total. The van der Waals surface area contributed by atoms with E-state index in [9.17, 15) is 18.0 Å². The molecule has 35 heavy (non-hydrogen) atoms. The summed E-state index contributed by atoms with van der Waals surface area (Å²) >= 11 is 5.93. The van der Waals surface area contributed by atoms with Crippen LogP contribution in [0.15, 0.2) is 54.6 Å². The quantitative estimate of drug-likeness (QED) is 0.426. The largest absolute Gasteiger partial charge is 0.352 e. The number of hydrogen-bond acceptors (Lipinski definition) is 4. The van der Waals surface area contributed by atoms with E-state index in [4.69, 9.17) is 11.6 Å². The maximum absolute atomic E-state index is 13.3. The molecule has 192 valence electrons. The number of amides is 2. The van der Waals surface area contributed by atoms with Gasteiger partial charge in [-0.3, -0.25) is 13.9 Å². The number of rotatable bonds is 13. The van der Waals surface area contributed by atoms with Gasteiger partial charge in [0.25, 0.3) is 0 Å². The van der Waals surface area contributed by atoms with Crippen LogP contribution in [0.4, 0.5) is 5.69 Å². The Morgan fingerprint density at radius 1 is 1.00 bits per heavy atom. The lowest BCUT2D eigenvalue weighted by Crippen LogP contribution is -2.51. The fourth-order valence-electron chi connectivity index (χ4n) is 3.89. The van der Waals surface area contributed by atoms with Gasteiger partial charge in [-0.25, -0.2) is 8.42 Å². The Morgan fingerprint density at radius 2 is 1.63 bits per heavy atom. The van der Waals surface area contributed by atoms with Gasteiger partial charge in [-0.2, -0.15) is 0 Å². The minimum absolute atomic E-state index is 0.0367. The predicted molar refractivity (Wildman–Crippen MR) is 142 cm³/mol. The Kier molecular flexibility index (Phi) is 11.0. The minimum atomic E-state index is -3.54. The normalized spacial score (nSPS) is 12.3. The topological polar surface area (TPSA) is 86.8 Å². The summed E-state index contributed by atoms with van der Waals surface area (Å²) < 4.78 is 26.0. The third-order valence-corrected chi connectivity index (χ3v) is 7.01. The van der Waals surface area contributed by atoms with Gasteiger partial charge in [-0.05, 0) is 62.9 Å². The summed E-state index contributed by atoms with van der Waals surface area (Å²) in [5.41, 5.74) is 1.57. The lowest BCUT2D eigenvalue weighted by molar-refractivity contribution is -0.141. The zero-order valence-corrected chi connectivity index (χ0v) is 22.5. The van der Waals surface area contributed by atoms with Crippen molar-refractivity contribution in [3.63, 3.8) is 0 Å². The van der Waals surface area contributed by atoms with Gasteiger partial charge in [-0.15, -0.1) is 0 Å². The Bertz CT molecular complexity index is 1060. The molecule has 1 atom stereocenters. The van der Waals surface area contributed by atoms with Crippen LogP contribution in [0.5, 0.6) is 0 Å². The Morgan fingerprint density at radius 3 is 2.17 bits per heavy atom. The molecule has 9 heteroatoms. The number of halogens is 1. The van der Waals surface area contributed by atoms with Crippen molar-refractivity contribution < 1.29 is 18.0 Å². The molecule has 0 heterocycles. The molecular formula is C26H36ClN3O4S. The summed E-state index contributed by atoms with van der Waals surface area (Å²) in [6.45, 7) is 6.21. The van der Waals surface area contributed by atoms with Crippen LogP contribution in [0.1, 0.15) is 45.6 Å². The third-order valence-electron chi connectivity index (χ3n) is 5.57. The van der Waals surface area contributed by atoms with Crippen LogP contribution in [0.2, 0.25) is 5.02 Å². The van der Waals surface area contributed by atoms with Crippen LogP contribution in [0.3, 0.4) is 0 Å². The van der Waals surface area contributed by atoms with Crippen molar-refractivity contribution in [1.29, 1.82) is 0 Å². The van der Waals surface area contributed by atoms with Crippen LogP contribution in [-0.2, 0) is 26.0 Å². The molecule has 2 rings (SSSR count). The number of carbonyl (C=O) groups excluding carboxylic acids is 2. The van der Waals surface area contributed by atoms with Crippen molar-refractivity contribution in [3.05, 3.63) is 65.2 Å². The first-order valence-electron chi connectivity index (χ1n) is 11.9. The predicted octanol–water partition coefficient (Wildman–Crippen LogP) is 4.26. The molecule has 2 aromatic carbocycles. The highest BCUT2D eigenvalue weighted by Gasteiger charge is 2.28. The van der Waals surface area contributed by atoms with Crippen LogP contribution < -0.4 is 9.62 Å².